The molecule has 76 valence electrons. The highest BCUT2D eigenvalue weighted by molar-refractivity contribution is 5.41. The van der Waals surface area contributed by atoms with E-state index in [0.29, 0.717) is 0 Å². The SMILES string of the molecule is Nc1ccc(C2(N)CCCCC2)cc1. The Morgan fingerprint density at radius 2 is 1.50 bits per heavy atom. The van der Waals surface area contributed by atoms with Crippen LogP contribution < -0.4 is 11.5 Å². The van der Waals surface area contributed by atoms with Crippen LogP contribution in [-0.2, 0) is 5.54 Å². The smallest absolute Gasteiger partial charge is 0.0409 e. The van der Waals surface area contributed by atoms with Crippen LogP contribution in [0.25, 0.3) is 0 Å². The maximum Gasteiger partial charge on any atom is 0.0409 e. The molecule has 0 saturated heterocycles. The Kier molecular flexibility index (Phi) is 2.46. The lowest BCUT2D eigenvalue weighted by Gasteiger charge is -2.34. The minimum atomic E-state index is -0.0913. The van der Waals surface area contributed by atoms with Gasteiger partial charge in [0.25, 0.3) is 0 Å². The summed E-state index contributed by atoms with van der Waals surface area (Å²) in [6.07, 6.45) is 6.05. The van der Waals surface area contributed by atoms with E-state index in [-0.39, 0.29) is 5.54 Å². The van der Waals surface area contributed by atoms with Crippen molar-refractivity contribution in [1.82, 2.24) is 0 Å². The summed E-state index contributed by atoms with van der Waals surface area (Å²) in [5, 5.41) is 0. The van der Waals surface area contributed by atoms with Crippen LogP contribution in [0.15, 0.2) is 24.3 Å². The molecule has 0 atom stereocenters. The number of benzene rings is 1. The monoisotopic (exact) mass is 190 g/mol. The Morgan fingerprint density at radius 1 is 0.929 bits per heavy atom. The minimum Gasteiger partial charge on any atom is -0.399 e. The number of nitrogen functional groups attached to an aromatic ring is 1. The molecule has 1 aliphatic carbocycles. The van der Waals surface area contributed by atoms with E-state index in [0.717, 1.165) is 18.5 Å². The largest absolute Gasteiger partial charge is 0.399 e. The summed E-state index contributed by atoms with van der Waals surface area (Å²) < 4.78 is 0. The van der Waals surface area contributed by atoms with Gasteiger partial charge in [0.2, 0.25) is 0 Å². The number of anilines is 1. The molecule has 1 fully saturated rings. The van der Waals surface area contributed by atoms with Gasteiger partial charge in [-0.25, -0.2) is 0 Å². The Morgan fingerprint density at radius 3 is 2.07 bits per heavy atom. The Labute approximate surface area is 85.3 Å². The predicted octanol–water partition coefficient (Wildman–Crippen LogP) is 2.39. The molecule has 0 aliphatic heterocycles. The highest BCUT2D eigenvalue weighted by atomic mass is 14.7. The number of rotatable bonds is 1. The fourth-order valence-corrected chi connectivity index (χ4v) is 2.29. The predicted molar refractivity (Wildman–Crippen MR) is 59.8 cm³/mol. The van der Waals surface area contributed by atoms with E-state index in [1.165, 1.54) is 24.8 Å². The van der Waals surface area contributed by atoms with Gasteiger partial charge in [-0.2, -0.15) is 0 Å². The van der Waals surface area contributed by atoms with Gasteiger partial charge < -0.3 is 11.5 Å². The van der Waals surface area contributed by atoms with Crippen molar-refractivity contribution in [3.8, 4) is 0 Å². The van der Waals surface area contributed by atoms with E-state index in [1.54, 1.807) is 0 Å². The topological polar surface area (TPSA) is 52.0 Å². The van der Waals surface area contributed by atoms with Gasteiger partial charge in [0.1, 0.15) is 0 Å². The minimum absolute atomic E-state index is 0.0913. The van der Waals surface area contributed by atoms with Gasteiger partial charge in [-0.3, -0.25) is 0 Å². The fourth-order valence-electron chi connectivity index (χ4n) is 2.29. The number of nitrogens with two attached hydrogens (primary N) is 2. The summed E-state index contributed by atoms with van der Waals surface area (Å²) in [7, 11) is 0. The molecule has 0 heterocycles. The first-order chi connectivity index (χ1) is 6.71. The number of hydrogen-bond donors (Lipinski definition) is 2. The molecule has 0 unspecified atom stereocenters. The van der Waals surface area contributed by atoms with Gasteiger partial charge in [-0.1, -0.05) is 31.4 Å². The van der Waals surface area contributed by atoms with Gasteiger partial charge in [-0.15, -0.1) is 0 Å². The molecule has 2 heteroatoms. The average molecular weight is 190 g/mol. The molecule has 0 bridgehead atoms. The molecular formula is C12H18N2. The Balaban J connectivity index is 2.23. The average Bonchev–Trinajstić information content (AvgIpc) is 2.19. The second-order valence-electron chi connectivity index (χ2n) is 4.34. The molecule has 0 spiro atoms. The zero-order valence-electron chi connectivity index (χ0n) is 8.50. The van der Waals surface area contributed by atoms with Crippen molar-refractivity contribution in [2.45, 2.75) is 37.6 Å². The molecular weight excluding hydrogens is 172 g/mol. The zero-order valence-corrected chi connectivity index (χ0v) is 8.50. The lowest BCUT2D eigenvalue weighted by molar-refractivity contribution is 0.302. The molecule has 0 aromatic heterocycles. The first-order valence-corrected chi connectivity index (χ1v) is 5.36. The normalized spacial score (nSPS) is 20.6. The van der Waals surface area contributed by atoms with Crippen molar-refractivity contribution in [3.05, 3.63) is 29.8 Å². The van der Waals surface area contributed by atoms with Crippen LogP contribution in [0.3, 0.4) is 0 Å². The van der Waals surface area contributed by atoms with Crippen LogP contribution in [0.2, 0.25) is 0 Å². The molecule has 14 heavy (non-hydrogen) atoms. The standard InChI is InChI=1S/C12H18N2/c13-11-6-4-10(5-7-11)12(14)8-2-1-3-9-12/h4-7H,1-3,8-9,13-14H2. The third-order valence-electron chi connectivity index (χ3n) is 3.23. The summed E-state index contributed by atoms with van der Waals surface area (Å²) in [6, 6.07) is 8.03. The highest BCUT2D eigenvalue weighted by Gasteiger charge is 2.28. The van der Waals surface area contributed by atoms with E-state index in [2.05, 4.69) is 12.1 Å². The summed E-state index contributed by atoms with van der Waals surface area (Å²) in [5.41, 5.74) is 14.0. The van der Waals surface area contributed by atoms with Crippen molar-refractivity contribution in [1.29, 1.82) is 0 Å². The van der Waals surface area contributed by atoms with Crippen molar-refractivity contribution in [2.75, 3.05) is 5.73 Å². The number of hydrogen-bond acceptors (Lipinski definition) is 2. The van der Waals surface area contributed by atoms with Gasteiger partial charge in [0.05, 0.1) is 0 Å². The van der Waals surface area contributed by atoms with Gasteiger partial charge in [0, 0.05) is 11.2 Å². The lowest BCUT2D eigenvalue weighted by atomic mass is 9.77. The van der Waals surface area contributed by atoms with E-state index in [9.17, 15) is 0 Å². The summed E-state index contributed by atoms with van der Waals surface area (Å²) in [5.74, 6) is 0. The van der Waals surface area contributed by atoms with Crippen LogP contribution in [-0.4, -0.2) is 0 Å². The van der Waals surface area contributed by atoms with Gasteiger partial charge >= 0.3 is 0 Å². The van der Waals surface area contributed by atoms with Crippen LogP contribution in [0.1, 0.15) is 37.7 Å². The van der Waals surface area contributed by atoms with E-state index in [1.807, 2.05) is 12.1 Å². The van der Waals surface area contributed by atoms with Crippen molar-refractivity contribution >= 4 is 5.69 Å². The lowest BCUT2D eigenvalue weighted by Crippen LogP contribution is -2.38. The molecule has 2 nitrogen and oxygen atoms in total. The van der Waals surface area contributed by atoms with Crippen LogP contribution >= 0.6 is 0 Å². The van der Waals surface area contributed by atoms with Crippen molar-refractivity contribution < 1.29 is 0 Å². The maximum absolute atomic E-state index is 6.39. The van der Waals surface area contributed by atoms with Gasteiger partial charge in [-0.05, 0) is 30.5 Å². The highest BCUT2D eigenvalue weighted by Crippen LogP contribution is 2.34. The third-order valence-corrected chi connectivity index (χ3v) is 3.23. The van der Waals surface area contributed by atoms with Crippen LogP contribution in [0.4, 0.5) is 5.69 Å². The summed E-state index contributed by atoms with van der Waals surface area (Å²) in [6.45, 7) is 0. The molecule has 1 aliphatic rings. The van der Waals surface area contributed by atoms with Crippen molar-refractivity contribution in [2.24, 2.45) is 5.73 Å². The first-order valence-electron chi connectivity index (χ1n) is 5.36. The summed E-state index contributed by atoms with van der Waals surface area (Å²) in [4.78, 5) is 0. The quantitative estimate of drug-likeness (QED) is 0.668. The summed E-state index contributed by atoms with van der Waals surface area (Å²) >= 11 is 0. The molecule has 2 rings (SSSR count). The van der Waals surface area contributed by atoms with Crippen LogP contribution in [0, 0.1) is 0 Å². The molecule has 1 saturated carbocycles. The molecule has 1 aromatic rings. The molecule has 4 N–H and O–H groups in total. The van der Waals surface area contributed by atoms with Crippen LogP contribution in [0.5, 0.6) is 0 Å². The van der Waals surface area contributed by atoms with E-state index < -0.39 is 0 Å². The second-order valence-corrected chi connectivity index (χ2v) is 4.34. The third kappa shape index (κ3) is 1.75. The molecule has 0 radical (unpaired) electrons. The molecule has 0 amide bonds. The Hall–Kier alpha value is -1.02. The zero-order chi connectivity index (χ0) is 10.0. The fraction of sp³-hybridized carbons (Fsp3) is 0.500. The maximum atomic E-state index is 6.39. The van der Waals surface area contributed by atoms with Gasteiger partial charge in [0.15, 0.2) is 0 Å². The Bertz CT molecular complexity index is 297. The van der Waals surface area contributed by atoms with E-state index in [4.69, 9.17) is 11.5 Å². The second kappa shape index (κ2) is 3.62. The van der Waals surface area contributed by atoms with E-state index >= 15 is 0 Å². The first kappa shape index (κ1) is 9.53. The molecule has 1 aromatic carbocycles. The van der Waals surface area contributed by atoms with Crippen molar-refractivity contribution in [3.63, 3.8) is 0 Å².